The first kappa shape index (κ1) is 22.4. The second-order valence-corrected chi connectivity index (χ2v) is 9.56. The van der Waals surface area contributed by atoms with Gasteiger partial charge in [-0.2, -0.15) is 0 Å². The zero-order valence-corrected chi connectivity index (χ0v) is 20.2. The molecule has 5 rings (SSSR count). The van der Waals surface area contributed by atoms with Gasteiger partial charge in [0.15, 0.2) is 0 Å². The molecule has 0 bridgehead atoms. The van der Waals surface area contributed by atoms with Crippen LogP contribution in [0.4, 0.5) is 0 Å². The first-order chi connectivity index (χ1) is 16.3. The number of H-pyrrole nitrogens is 1. The zero-order valence-electron chi connectivity index (χ0n) is 19.5. The Hall–Kier alpha value is -3.35. The van der Waals surface area contributed by atoms with Crippen molar-refractivity contribution in [2.24, 2.45) is 0 Å². The number of aromatic hydroxyl groups is 1. The molecule has 4 aromatic rings. The lowest BCUT2D eigenvalue weighted by atomic mass is 9.98. The van der Waals surface area contributed by atoms with Gasteiger partial charge in [0.05, 0.1) is 10.6 Å². The summed E-state index contributed by atoms with van der Waals surface area (Å²) < 4.78 is 0. The summed E-state index contributed by atoms with van der Waals surface area (Å²) in [5.41, 5.74) is 5.94. The van der Waals surface area contributed by atoms with E-state index in [1.807, 2.05) is 32.4 Å². The number of phenols is 1. The Kier molecular flexibility index (Phi) is 5.80. The minimum Gasteiger partial charge on any atom is -0.506 e. The van der Waals surface area contributed by atoms with E-state index in [1.165, 1.54) is 5.56 Å². The number of carbonyl (C=O) groups is 1. The Morgan fingerprint density at radius 3 is 2.71 bits per heavy atom. The summed E-state index contributed by atoms with van der Waals surface area (Å²) >= 11 is 6.39. The van der Waals surface area contributed by atoms with Crippen molar-refractivity contribution in [1.82, 2.24) is 19.8 Å². The van der Waals surface area contributed by atoms with Gasteiger partial charge in [-0.05, 0) is 62.3 Å². The summed E-state index contributed by atoms with van der Waals surface area (Å²) in [4.78, 5) is 25.1. The minimum atomic E-state index is -0.207. The average Bonchev–Trinajstić information content (AvgIpc) is 3.48. The van der Waals surface area contributed by atoms with Crippen LogP contribution in [-0.2, 0) is 0 Å². The topological polar surface area (TPSA) is 72.5 Å². The van der Waals surface area contributed by atoms with Crippen LogP contribution in [0.2, 0.25) is 5.02 Å². The van der Waals surface area contributed by atoms with Gasteiger partial charge in [-0.25, -0.2) is 4.98 Å². The Labute approximate surface area is 203 Å². The lowest BCUT2D eigenvalue weighted by molar-refractivity contribution is 0.0780. The molecule has 2 aromatic carbocycles. The molecule has 7 heteroatoms. The van der Waals surface area contributed by atoms with Crippen LogP contribution >= 0.6 is 11.6 Å². The van der Waals surface area contributed by atoms with E-state index >= 15 is 0 Å². The quantitative estimate of drug-likeness (QED) is 0.418. The second kappa shape index (κ2) is 8.78. The van der Waals surface area contributed by atoms with Crippen LogP contribution in [0.5, 0.6) is 5.75 Å². The molecule has 1 saturated heterocycles. The van der Waals surface area contributed by atoms with E-state index in [0.717, 1.165) is 39.7 Å². The van der Waals surface area contributed by atoms with Gasteiger partial charge in [0.2, 0.25) is 0 Å². The highest BCUT2D eigenvalue weighted by atomic mass is 35.5. The lowest BCUT2D eigenvalue weighted by Crippen LogP contribution is -2.34. The first-order valence-electron chi connectivity index (χ1n) is 11.3. The Bertz CT molecular complexity index is 1390. The highest BCUT2D eigenvalue weighted by Gasteiger charge is 2.30. The van der Waals surface area contributed by atoms with E-state index in [4.69, 9.17) is 11.6 Å². The fourth-order valence-corrected chi connectivity index (χ4v) is 4.93. The molecule has 1 amide bonds. The number of phenolic OH excluding ortho intramolecular Hbond substituents is 1. The molecular weight excluding hydrogens is 448 g/mol. The van der Waals surface area contributed by atoms with Crippen LogP contribution in [0.15, 0.2) is 54.9 Å². The number of hydrogen-bond donors (Lipinski definition) is 2. The number of benzene rings is 2. The van der Waals surface area contributed by atoms with Crippen molar-refractivity contribution < 1.29 is 9.90 Å². The number of halogens is 1. The number of pyridine rings is 1. The summed E-state index contributed by atoms with van der Waals surface area (Å²) in [5, 5.41) is 11.8. The molecule has 2 aromatic heterocycles. The molecule has 6 nitrogen and oxygen atoms in total. The van der Waals surface area contributed by atoms with Gasteiger partial charge >= 0.3 is 0 Å². The number of amides is 1. The van der Waals surface area contributed by atoms with Gasteiger partial charge in [-0.15, -0.1) is 0 Å². The molecule has 0 saturated carbocycles. The molecule has 1 aliphatic heterocycles. The molecule has 1 fully saturated rings. The predicted molar refractivity (Wildman–Crippen MR) is 136 cm³/mol. The molecule has 1 atom stereocenters. The van der Waals surface area contributed by atoms with E-state index in [2.05, 4.69) is 40.0 Å². The highest BCUT2D eigenvalue weighted by molar-refractivity contribution is 6.33. The molecule has 34 heavy (non-hydrogen) atoms. The SMILES string of the molecule is Cc1ccccc1-c1c[nH]c2ncc(-c3cc(Cl)c(O)c(C(=O)N4CCC(N(C)C)C4)c3)cc12. The van der Waals surface area contributed by atoms with Gasteiger partial charge in [0.1, 0.15) is 11.4 Å². The Balaban J connectivity index is 1.55. The van der Waals surface area contributed by atoms with Crippen molar-refractivity contribution in [1.29, 1.82) is 0 Å². The van der Waals surface area contributed by atoms with Gasteiger partial charge in [-0.3, -0.25) is 4.79 Å². The van der Waals surface area contributed by atoms with Gasteiger partial charge < -0.3 is 19.9 Å². The maximum absolute atomic E-state index is 13.3. The van der Waals surface area contributed by atoms with E-state index in [-0.39, 0.29) is 22.2 Å². The van der Waals surface area contributed by atoms with Crippen molar-refractivity contribution in [2.45, 2.75) is 19.4 Å². The number of aromatic amines is 1. The van der Waals surface area contributed by atoms with E-state index in [9.17, 15) is 9.90 Å². The molecule has 3 heterocycles. The fourth-order valence-electron chi connectivity index (χ4n) is 4.71. The fraction of sp³-hybridized carbons (Fsp3) is 0.259. The third-order valence-corrected chi connectivity index (χ3v) is 7.06. The summed E-state index contributed by atoms with van der Waals surface area (Å²) in [6, 6.07) is 14.0. The molecule has 1 aliphatic rings. The van der Waals surface area contributed by atoms with Gasteiger partial charge in [0, 0.05) is 48.0 Å². The van der Waals surface area contributed by atoms with Crippen LogP contribution in [0.1, 0.15) is 22.3 Å². The maximum Gasteiger partial charge on any atom is 0.257 e. The number of nitrogens with one attached hydrogen (secondary N) is 1. The van der Waals surface area contributed by atoms with E-state index in [1.54, 1.807) is 23.2 Å². The summed E-state index contributed by atoms with van der Waals surface area (Å²) in [6.45, 7) is 3.37. The predicted octanol–water partition coefficient (Wildman–Crippen LogP) is 5.34. The summed E-state index contributed by atoms with van der Waals surface area (Å²) in [6.07, 6.45) is 4.63. The van der Waals surface area contributed by atoms with Crippen LogP contribution in [0.25, 0.3) is 33.3 Å². The highest BCUT2D eigenvalue weighted by Crippen LogP contribution is 2.37. The number of aromatic nitrogens is 2. The van der Waals surface area contributed by atoms with E-state index < -0.39 is 0 Å². The van der Waals surface area contributed by atoms with Gasteiger partial charge in [0.25, 0.3) is 5.91 Å². The number of carbonyl (C=O) groups excluding carboxylic acids is 1. The first-order valence-corrected chi connectivity index (χ1v) is 11.7. The molecule has 1 unspecified atom stereocenters. The standard InChI is InChI=1S/C27H27ClN4O2/c1-16-6-4-5-7-20(16)23-14-30-26-21(23)11-18(13-29-26)17-10-22(25(33)24(28)12-17)27(34)32-9-8-19(15-32)31(2)3/h4-7,10-14,19,33H,8-9,15H2,1-3H3,(H,29,30). The molecule has 0 aliphatic carbocycles. The third-order valence-electron chi connectivity index (χ3n) is 6.77. The van der Waals surface area contributed by atoms with E-state index in [0.29, 0.717) is 19.1 Å². The van der Waals surface area contributed by atoms with Crippen molar-refractivity contribution >= 4 is 28.5 Å². The number of aryl methyl sites for hydroxylation is 1. The number of likely N-dealkylation sites (tertiary alicyclic amines) is 1. The molecular formula is C27H27ClN4O2. The largest absolute Gasteiger partial charge is 0.506 e. The van der Waals surface area contributed by atoms with Crippen molar-refractivity contribution in [3.05, 3.63) is 71.0 Å². The van der Waals surface area contributed by atoms with Crippen LogP contribution in [0, 0.1) is 6.92 Å². The number of hydrogen-bond acceptors (Lipinski definition) is 4. The van der Waals surface area contributed by atoms with Crippen molar-refractivity contribution in [3.8, 4) is 28.0 Å². The molecule has 0 spiro atoms. The Morgan fingerprint density at radius 1 is 1.18 bits per heavy atom. The Morgan fingerprint density at radius 2 is 1.97 bits per heavy atom. The van der Waals surface area contributed by atoms with Crippen molar-refractivity contribution in [2.75, 3.05) is 27.2 Å². The number of nitrogens with zero attached hydrogens (tertiary/aromatic N) is 3. The zero-order chi connectivity index (χ0) is 24.0. The molecule has 0 radical (unpaired) electrons. The monoisotopic (exact) mass is 474 g/mol. The normalized spacial score (nSPS) is 16.0. The van der Waals surface area contributed by atoms with Gasteiger partial charge in [-0.1, -0.05) is 35.9 Å². The summed E-state index contributed by atoms with van der Waals surface area (Å²) in [5.74, 6) is -0.387. The third kappa shape index (κ3) is 3.93. The number of rotatable bonds is 4. The van der Waals surface area contributed by atoms with Crippen LogP contribution in [-0.4, -0.2) is 64.0 Å². The second-order valence-electron chi connectivity index (χ2n) is 9.15. The van der Waals surface area contributed by atoms with Crippen LogP contribution < -0.4 is 0 Å². The lowest BCUT2D eigenvalue weighted by Gasteiger charge is -2.21. The maximum atomic E-state index is 13.3. The van der Waals surface area contributed by atoms with Crippen LogP contribution in [0.3, 0.4) is 0 Å². The van der Waals surface area contributed by atoms with Crippen molar-refractivity contribution in [3.63, 3.8) is 0 Å². The smallest absolute Gasteiger partial charge is 0.257 e. The molecule has 2 N–H and O–H groups in total. The number of fused-ring (bicyclic) bond motifs is 1. The summed E-state index contributed by atoms with van der Waals surface area (Å²) in [7, 11) is 4.03. The minimum absolute atomic E-state index is 0.150. The molecule has 174 valence electrons. The number of likely N-dealkylation sites (N-methyl/N-ethyl adjacent to an activating group) is 1. The average molecular weight is 475 g/mol.